The maximum atomic E-state index is 13.7. The zero-order valence-electron chi connectivity index (χ0n) is 11.0. The van der Waals surface area contributed by atoms with Crippen LogP contribution in [0.15, 0.2) is 30.3 Å². The first-order chi connectivity index (χ1) is 9.82. The van der Waals surface area contributed by atoms with Crippen LogP contribution in [-0.2, 0) is 6.18 Å². The number of benzene rings is 1. The van der Waals surface area contributed by atoms with E-state index < -0.39 is 17.6 Å². The Morgan fingerprint density at radius 3 is 2.43 bits per heavy atom. The molecular formula is C14H12ClF4NS. The van der Waals surface area contributed by atoms with Gasteiger partial charge in [0, 0.05) is 4.88 Å². The molecule has 21 heavy (non-hydrogen) atoms. The summed E-state index contributed by atoms with van der Waals surface area (Å²) in [6.45, 7) is 2.45. The largest absolute Gasteiger partial charge is 0.419 e. The third-order valence-corrected chi connectivity index (χ3v) is 4.21. The van der Waals surface area contributed by atoms with Crippen molar-refractivity contribution in [3.63, 3.8) is 0 Å². The van der Waals surface area contributed by atoms with Gasteiger partial charge in [-0.1, -0.05) is 24.6 Å². The van der Waals surface area contributed by atoms with Crippen molar-refractivity contribution < 1.29 is 17.6 Å². The highest BCUT2D eigenvalue weighted by molar-refractivity contribution is 7.16. The average Bonchev–Trinajstić information content (AvgIpc) is 2.80. The highest BCUT2D eigenvalue weighted by atomic mass is 35.5. The van der Waals surface area contributed by atoms with E-state index in [-0.39, 0.29) is 6.04 Å². The van der Waals surface area contributed by atoms with Gasteiger partial charge in [-0.3, -0.25) is 0 Å². The summed E-state index contributed by atoms with van der Waals surface area (Å²) in [5.41, 5.74) is -0.827. The fourth-order valence-corrected chi connectivity index (χ4v) is 3.18. The quantitative estimate of drug-likeness (QED) is 0.750. The Bertz CT molecular complexity index is 624. The fraction of sp³-hybridized carbons (Fsp3) is 0.286. The van der Waals surface area contributed by atoms with Crippen LogP contribution in [0.3, 0.4) is 0 Å². The summed E-state index contributed by atoms with van der Waals surface area (Å²) in [5.74, 6) is -1.27. The molecule has 2 rings (SSSR count). The molecule has 0 bridgehead atoms. The van der Waals surface area contributed by atoms with Crippen molar-refractivity contribution in [3.05, 3.63) is 56.5 Å². The molecule has 0 aliphatic heterocycles. The molecule has 1 aromatic heterocycles. The number of nitrogens with one attached hydrogen (secondary N) is 1. The van der Waals surface area contributed by atoms with Crippen LogP contribution in [-0.4, -0.2) is 6.54 Å². The second kappa shape index (κ2) is 6.34. The molecule has 1 nitrogen and oxygen atoms in total. The second-order valence-electron chi connectivity index (χ2n) is 4.37. The predicted octanol–water partition coefficient (Wildman–Crippen LogP) is 5.26. The molecule has 0 radical (unpaired) electrons. The summed E-state index contributed by atoms with van der Waals surface area (Å²) in [4.78, 5) is 0.820. The maximum Gasteiger partial charge on any atom is 0.419 e. The van der Waals surface area contributed by atoms with Crippen LogP contribution in [0, 0.1) is 5.82 Å². The molecule has 1 aromatic carbocycles. The summed E-state index contributed by atoms with van der Waals surface area (Å²) in [5, 5.41) is 3.12. The Balaban J connectivity index is 2.40. The first-order valence-corrected chi connectivity index (χ1v) is 7.37. The zero-order valence-corrected chi connectivity index (χ0v) is 12.5. The van der Waals surface area contributed by atoms with Crippen molar-refractivity contribution in [1.29, 1.82) is 0 Å². The summed E-state index contributed by atoms with van der Waals surface area (Å²) in [6, 6.07) is 6.06. The van der Waals surface area contributed by atoms with Gasteiger partial charge in [0.1, 0.15) is 5.82 Å². The summed E-state index contributed by atoms with van der Waals surface area (Å²) in [6.07, 6.45) is -4.69. The lowest BCUT2D eigenvalue weighted by atomic mass is 10.0. The van der Waals surface area contributed by atoms with Crippen molar-refractivity contribution in [3.8, 4) is 0 Å². The second-order valence-corrected chi connectivity index (χ2v) is 6.12. The lowest BCUT2D eigenvalue weighted by molar-refractivity contribution is -0.140. The third kappa shape index (κ3) is 3.75. The fourth-order valence-electron chi connectivity index (χ4n) is 2.01. The highest BCUT2D eigenvalue weighted by Crippen LogP contribution is 2.35. The lowest BCUT2D eigenvalue weighted by Crippen LogP contribution is -2.21. The Morgan fingerprint density at radius 1 is 1.24 bits per heavy atom. The van der Waals surface area contributed by atoms with E-state index in [0.29, 0.717) is 16.4 Å². The van der Waals surface area contributed by atoms with Crippen molar-refractivity contribution in [2.24, 2.45) is 0 Å². The van der Waals surface area contributed by atoms with Crippen LogP contribution < -0.4 is 5.32 Å². The average molecular weight is 338 g/mol. The molecule has 7 heteroatoms. The summed E-state index contributed by atoms with van der Waals surface area (Å²) >= 11 is 7.18. The predicted molar refractivity (Wildman–Crippen MR) is 76.3 cm³/mol. The Morgan fingerprint density at radius 2 is 1.95 bits per heavy atom. The van der Waals surface area contributed by atoms with E-state index >= 15 is 0 Å². The maximum absolute atomic E-state index is 13.7. The number of hydrogen-bond acceptors (Lipinski definition) is 2. The van der Waals surface area contributed by atoms with Crippen LogP contribution in [0.2, 0.25) is 4.34 Å². The van der Waals surface area contributed by atoms with Gasteiger partial charge in [0.2, 0.25) is 0 Å². The molecule has 1 heterocycles. The van der Waals surface area contributed by atoms with Gasteiger partial charge in [-0.05, 0) is 36.4 Å². The van der Waals surface area contributed by atoms with E-state index in [2.05, 4.69) is 5.32 Å². The molecule has 2 aromatic rings. The Kier molecular flexibility index (Phi) is 4.91. The molecule has 114 valence electrons. The van der Waals surface area contributed by atoms with Crippen LogP contribution in [0.4, 0.5) is 17.6 Å². The van der Waals surface area contributed by atoms with Gasteiger partial charge >= 0.3 is 6.18 Å². The van der Waals surface area contributed by atoms with Gasteiger partial charge in [0.05, 0.1) is 15.9 Å². The van der Waals surface area contributed by atoms with Gasteiger partial charge in [-0.25, -0.2) is 4.39 Å². The SMILES string of the molecule is CCNC(c1ccc(C(F)(F)F)c(F)c1)c1ccc(Cl)s1. The van der Waals surface area contributed by atoms with E-state index in [4.69, 9.17) is 11.6 Å². The number of hydrogen-bond donors (Lipinski definition) is 1. The molecule has 0 aliphatic rings. The van der Waals surface area contributed by atoms with E-state index in [9.17, 15) is 17.6 Å². The van der Waals surface area contributed by atoms with Gasteiger partial charge in [0.25, 0.3) is 0 Å². The molecule has 0 amide bonds. The highest BCUT2D eigenvalue weighted by Gasteiger charge is 2.34. The minimum absolute atomic E-state index is 0.385. The molecule has 0 spiro atoms. The van der Waals surface area contributed by atoms with Crippen molar-refractivity contribution in [2.75, 3.05) is 6.54 Å². The first-order valence-electron chi connectivity index (χ1n) is 6.18. The smallest absolute Gasteiger partial charge is 0.306 e. The molecule has 0 fully saturated rings. The molecular weight excluding hydrogens is 326 g/mol. The molecule has 1 unspecified atom stereocenters. The van der Waals surface area contributed by atoms with Gasteiger partial charge in [0.15, 0.2) is 0 Å². The molecule has 0 aliphatic carbocycles. The van der Waals surface area contributed by atoms with Crippen molar-refractivity contribution in [1.82, 2.24) is 5.32 Å². The number of thiophene rings is 1. The Labute approximate surface area is 128 Å². The van der Waals surface area contributed by atoms with E-state index in [1.54, 1.807) is 12.1 Å². The minimum atomic E-state index is -4.69. The van der Waals surface area contributed by atoms with Crippen LogP contribution >= 0.6 is 22.9 Å². The van der Waals surface area contributed by atoms with Gasteiger partial charge < -0.3 is 5.32 Å². The molecule has 0 saturated heterocycles. The number of halogens is 5. The van der Waals surface area contributed by atoms with Crippen LogP contribution in [0.5, 0.6) is 0 Å². The zero-order chi connectivity index (χ0) is 15.6. The third-order valence-electron chi connectivity index (χ3n) is 2.92. The topological polar surface area (TPSA) is 12.0 Å². The Hall–Kier alpha value is -1.11. The molecule has 0 saturated carbocycles. The standard InChI is InChI=1S/C14H12ClF4NS/c1-2-20-13(11-5-6-12(15)21-11)8-3-4-9(10(16)7-8)14(17,18)19/h3-7,13,20H,2H2,1H3. The first kappa shape index (κ1) is 16.3. The normalized spacial score (nSPS) is 13.4. The van der Waals surface area contributed by atoms with Crippen molar-refractivity contribution >= 4 is 22.9 Å². The van der Waals surface area contributed by atoms with Crippen LogP contribution in [0.25, 0.3) is 0 Å². The van der Waals surface area contributed by atoms with E-state index in [1.165, 1.54) is 17.4 Å². The van der Waals surface area contributed by atoms with Crippen molar-refractivity contribution in [2.45, 2.75) is 19.1 Å². The molecule has 1 atom stereocenters. The van der Waals surface area contributed by atoms with Gasteiger partial charge in [-0.2, -0.15) is 13.2 Å². The summed E-state index contributed by atoms with van der Waals surface area (Å²) < 4.78 is 52.0. The van der Waals surface area contributed by atoms with E-state index in [1.807, 2.05) is 6.92 Å². The number of alkyl halides is 3. The summed E-state index contributed by atoms with van der Waals surface area (Å²) in [7, 11) is 0. The molecule has 1 N–H and O–H groups in total. The van der Waals surface area contributed by atoms with Gasteiger partial charge in [-0.15, -0.1) is 11.3 Å². The van der Waals surface area contributed by atoms with E-state index in [0.717, 1.165) is 17.0 Å². The van der Waals surface area contributed by atoms with Crippen LogP contribution in [0.1, 0.15) is 29.0 Å². The lowest BCUT2D eigenvalue weighted by Gasteiger charge is -2.18. The minimum Gasteiger partial charge on any atom is -0.306 e. The monoisotopic (exact) mass is 337 g/mol. The number of rotatable bonds is 4.